The molecule has 1 heterocycles. The maximum absolute atomic E-state index is 7.56. The fourth-order valence-corrected chi connectivity index (χ4v) is 1.60. The van der Waals surface area contributed by atoms with Crippen molar-refractivity contribution >= 4 is 34.8 Å². The number of halogens is 2. The van der Waals surface area contributed by atoms with E-state index in [2.05, 4.69) is 4.99 Å². The summed E-state index contributed by atoms with van der Waals surface area (Å²) < 4.78 is 15.1. The lowest BCUT2D eigenvalue weighted by molar-refractivity contribution is 0.942. The average molecular weight is 232 g/mol. The van der Waals surface area contributed by atoms with Gasteiger partial charge in [-0.2, -0.15) is 0 Å². The first-order chi connectivity index (χ1) is 7.59. The van der Waals surface area contributed by atoms with Crippen LogP contribution in [0.15, 0.2) is 23.2 Å². The van der Waals surface area contributed by atoms with Gasteiger partial charge in [0.1, 0.15) is 5.69 Å². The van der Waals surface area contributed by atoms with Crippen molar-refractivity contribution < 1.29 is 2.82 Å². The minimum atomic E-state index is 0.231. The van der Waals surface area contributed by atoms with Crippen LogP contribution in [0.2, 0.25) is 12.9 Å². The average Bonchev–Trinajstić information content (AvgIpc) is 2.54. The molecule has 0 bridgehead atoms. The number of para-hydroxylation sites is 1. The van der Waals surface area contributed by atoms with Crippen LogP contribution in [0.5, 0.6) is 0 Å². The van der Waals surface area contributed by atoms with Crippen LogP contribution >= 0.6 is 23.2 Å². The third-order valence-corrected chi connectivity index (χ3v) is 2.37. The van der Waals surface area contributed by atoms with Gasteiger partial charge in [-0.25, -0.2) is 4.99 Å². The van der Waals surface area contributed by atoms with E-state index < -0.39 is 0 Å². The van der Waals surface area contributed by atoms with Crippen molar-refractivity contribution in [2.75, 3.05) is 13.1 Å². The second kappa shape index (κ2) is 4.07. The van der Waals surface area contributed by atoms with E-state index in [4.69, 9.17) is 26.0 Å². The van der Waals surface area contributed by atoms with E-state index in [1.807, 2.05) is 0 Å². The minimum Gasteiger partial charge on any atom is -0.354 e. The van der Waals surface area contributed by atoms with Gasteiger partial charge in [0, 0.05) is 13.1 Å². The van der Waals surface area contributed by atoms with Gasteiger partial charge in [0.25, 0.3) is 0 Å². The number of hydrogen-bond acceptors (Lipinski definition) is 1. The summed E-state index contributed by atoms with van der Waals surface area (Å²) in [6, 6.07) is 5.06. The number of benzene rings is 1. The molecule has 2 N–H and O–H groups in total. The largest absolute Gasteiger partial charge is 0.354 e. The van der Waals surface area contributed by atoms with Crippen LogP contribution in [-0.2, 0) is 0 Å². The molecule has 0 aromatic heterocycles. The molecule has 0 spiro atoms. The van der Waals surface area contributed by atoms with Gasteiger partial charge in [0.05, 0.1) is 10.0 Å². The third kappa shape index (κ3) is 1.94. The summed E-state index contributed by atoms with van der Waals surface area (Å²) >= 11 is 11.9. The SMILES string of the molecule is [2H]N1CCN([2H])C1=Nc1c(Cl)cccc1Cl. The zero-order valence-corrected chi connectivity index (χ0v) is 8.76. The number of nitrogens with one attached hydrogen (secondary N) is 2. The van der Waals surface area contributed by atoms with Crippen LogP contribution in [0.4, 0.5) is 5.69 Å². The molecule has 14 heavy (non-hydrogen) atoms. The molecule has 74 valence electrons. The van der Waals surface area contributed by atoms with Crippen molar-refractivity contribution in [3.63, 3.8) is 0 Å². The lowest BCUT2D eigenvalue weighted by Gasteiger charge is -2.02. The molecular weight excluding hydrogens is 221 g/mol. The van der Waals surface area contributed by atoms with E-state index in [1.54, 1.807) is 18.2 Å². The molecule has 3 nitrogen and oxygen atoms in total. The Morgan fingerprint density at radius 3 is 2.36 bits per heavy atom. The standard InChI is InChI=1S/C9H9Cl2N3/c10-6-2-1-3-7(11)8(6)14-9-12-4-5-13-9/h1-3H,4-5H2,(H2,12,13,14)/i/hD2. The van der Waals surface area contributed by atoms with Gasteiger partial charge in [0.2, 0.25) is 0 Å². The summed E-state index contributed by atoms with van der Waals surface area (Å²) in [6.45, 7) is 0.898. The Kier molecular flexibility index (Phi) is 2.14. The van der Waals surface area contributed by atoms with Crippen LogP contribution in [0.25, 0.3) is 0 Å². The molecule has 1 aliphatic rings. The monoisotopic (exact) mass is 231 g/mol. The highest BCUT2D eigenvalue weighted by molar-refractivity contribution is 6.38. The Hall–Kier alpha value is -0.930. The lowest BCUT2D eigenvalue weighted by Crippen LogP contribution is -2.23. The molecule has 0 saturated carbocycles. The molecule has 1 aromatic rings. The van der Waals surface area contributed by atoms with Crippen molar-refractivity contribution in [2.45, 2.75) is 0 Å². The van der Waals surface area contributed by atoms with Gasteiger partial charge >= 0.3 is 0 Å². The van der Waals surface area contributed by atoms with Crippen LogP contribution < -0.4 is 10.6 Å². The molecule has 2 rings (SSSR count). The van der Waals surface area contributed by atoms with Crippen molar-refractivity contribution in [2.24, 2.45) is 4.99 Å². The summed E-state index contributed by atoms with van der Waals surface area (Å²) in [5.74, 6) is 0.231. The maximum atomic E-state index is 7.56. The summed E-state index contributed by atoms with van der Waals surface area (Å²) in [5, 5.41) is 3.11. The van der Waals surface area contributed by atoms with Crippen LogP contribution in [-0.4, -0.2) is 19.0 Å². The lowest BCUT2D eigenvalue weighted by atomic mass is 10.3. The van der Waals surface area contributed by atoms with Crippen molar-refractivity contribution in [1.82, 2.24) is 10.6 Å². The Labute approximate surface area is 95.0 Å². The van der Waals surface area contributed by atoms with Crippen LogP contribution in [0.1, 0.15) is 0 Å². The Balaban J connectivity index is 2.42. The van der Waals surface area contributed by atoms with Gasteiger partial charge in [-0.15, -0.1) is 0 Å². The maximum Gasteiger partial charge on any atom is 0.196 e. The predicted molar refractivity (Wildman–Crippen MR) is 59.6 cm³/mol. The first-order valence-corrected chi connectivity index (χ1v) is 4.90. The first-order valence-electron chi connectivity index (χ1n) is 5.04. The number of guanidine groups is 1. The number of aliphatic imine (C=N–C) groups is 1. The summed E-state index contributed by atoms with van der Waals surface area (Å²) in [5.41, 5.74) is 0.400. The highest BCUT2D eigenvalue weighted by Crippen LogP contribution is 2.32. The zero-order valence-electron chi connectivity index (χ0n) is 9.24. The van der Waals surface area contributed by atoms with Gasteiger partial charge in [-0.1, -0.05) is 29.3 Å². The summed E-state index contributed by atoms with van der Waals surface area (Å²) in [7, 11) is 0. The second-order valence-electron chi connectivity index (χ2n) is 2.75. The van der Waals surface area contributed by atoms with Crippen molar-refractivity contribution in [3.8, 4) is 0 Å². The topological polar surface area (TPSA) is 36.4 Å². The highest BCUT2D eigenvalue weighted by atomic mass is 35.5. The molecular formula is C9H9Cl2N3. The van der Waals surface area contributed by atoms with E-state index in [0.717, 1.165) is 10.6 Å². The molecule has 0 aliphatic carbocycles. The molecule has 1 fully saturated rings. The molecule has 0 radical (unpaired) electrons. The quantitative estimate of drug-likeness (QED) is 0.778. The minimum absolute atomic E-state index is 0.231. The fourth-order valence-electron chi connectivity index (χ4n) is 1.12. The molecule has 1 aliphatic heterocycles. The third-order valence-electron chi connectivity index (χ3n) is 1.76. The van der Waals surface area contributed by atoms with E-state index in [0.29, 0.717) is 28.8 Å². The number of rotatable bonds is 1. The molecule has 1 aromatic carbocycles. The Bertz CT molecular complexity index is 407. The Morgan fingerprint density at radius 2 is 1.79 bits per heavy atom. The number of nitrogens with zero attached hydrogens (tertiary/aromatic N) is 1. The molecule has 1 saturated heterocycles. The highest BCUT2D eigenvalue weighted by Gasteiger charge is 2.08. The molecule has 5 heteroatoms. The Morgan fingerprint density at radius 1 is 1.21 bits per heavy atom. The first kappa shape index (κ1) is 7.37. The van der Waals surface area contributed by atoms with E-state index in [9.17, 15) is 0 Å². The zero-order chi connectivity index (χ0) is 11.7. The summed E-state index contributed by atoms with van der Waals surface area (Å²) in [4.78, 5) is 4.15. The smallest absolute Gasteiger partial charge is 0.196 e. The van der Waals surface area contributed by atoms with Gasteiger partial charge < -0.3 is 10.6 Å². The second-order valence-corrected chi connectivity index (χ2v) is 3.56. The normalized spacial score (nSPS) is 18.3. The van der Waals surface area contributed by atoms with Gasteiger partial charge in [0.15, 0.2) is 8.78 Å². The van der Waals surface area contributed by atoms with Gasteiger partial charge in [-0.3, -0.25) is 0 Å². The summed E-state index contributed by atoms with van der Waals surface area (Å²) in [6.07, 6.45) is 0. The van der Waals surface area contributed by atoms with Crippen molar-refractivity contribution in [3.05, 3.63) is 28.2 Å². The molecule has 0 atom stereocenters. The van der Waals surface area contributed by atoms with E-state index in [-0.39, 0.29) is 5.96 Å². The predicted octanol–water partition coefficient (Wildman–Crippen LogP) is 2.17. The van der Waals surface area contributed by atoms with Crippen LogP contribution in [0.3, 0.4) is 0 Å². The van der Waals surface area contributed by atoms with Gasteiger partial charge in [-0.05, 0) is 12.1 Å². The number of hydrogen-bond donors (Lipinski definition) is 2. The van der Waals surface area contributed by atoms with Crippen molar-refractivity contribution in [1.29, 1.82) is 0 Å². The van der Waals surface area contributed by atoms with E-state index in [1.165, 1.54) is 0 Å². The van der Waals surface area contributed by atoms with E-state index >= 15 is 0 Å². The molecule has 0 unspecified atom stereocenters. The fraction of sp³-hybridized carbons (Fsp3) is 0.222. The van der Waals surface area contributed by atoms with Crippen LogP contribution in [0, 0.1) is 0 Å². The molecule has 0 amide bonds.